The fourth-order valence-electron chi connectivity index (χ4n) is 4.54. The normalized spacial score (nSPS) is 13.0. The molecule has 0 saturated carbocycles. The number of ether oxygens (including phenoxy) is 3. The zero-order valence-electron chi connectivity index (χ0n) is 21.4. The minimum absolute atomic E-state index is 0.0545. The number of benzene rings is 2. The summed E-state index contributed by atoms with van der Waals surface area (Å²) >= 11 is 0. The average Bonchev–Trinajstić information content (AvgIpc) is 3.17. The smallest absolute Gasteiger partial charge is 0.197 e. The van der Waals surface area contributed by atoms with Gasteiger partial charge in [0.15, 0.2) is 23.1 Å². The van der Waals surface area contributed by atoms with E-state index in [1.54, 1.807) is 30.5 Å². The van der Waals surface area contributed by atoms with Gasteiger partial charge in [-0.2, -0.15) is 0 Å². The van der Waals surface area contributed by atoms with Crippen LogP contribution in [0.1, 0.15) is 47.8 Å². The highest BCUT2D eigenvalue weighted by atomic mass is 19.1. The van der Waals surface area contributed by atoms with Crippen molar-refractivity contribution in [1.82, 2.24) is 9.88 Å². The van der Waals surface area contributed by atoms with Gasteiger partial charge < -0.3 is 19.1 Å². The highest BCUT2D eigenvalue weighted by molar-refractivity contribution is 6.06. The van der Waals surface area contributed by atoms with Crippen LogP contribution in [0.5, 0.6) is 17.2 Å². The lowest BCUT2D eigenvalue weighted by molar-refractivity contribution is 0.0962. The third kappa shape index (κ3) is 4.39. The minimum Gasteiger partial charge on any atom is -0.496 e. The molecule has 36 heavy (non-hydrogen) atoms. The average molecular weight is 492 g/mol. The van der Waals surface area contributed by atoms with Crippen LogP contribution in [0.15, 0.2) is 42.7 Å². The molecule has 0 radical (unpaired) electrons. The summed E-state index contributed by atoms with van der Waals surface area (Å²) in [6.45, 7) is 6.32. The van der Waals surface area contributed by atoms with Gasteiger partial charge in [-0.3, -0.25) is 15.2 Å². The number of amidine groups is 1. The van der Waals surface area contributed by atoms with Crippen LogP contribution in [-0.4, -0.2) is 49.4 Å². The van der Waals surface area contributed by atoms with Gasteiger partial charge in [0.2, 0.25) is 0 Å². The molecule has 0 spiro atoms. The molecule has 1 aliphatic rings. The minimum atomic E-state index is -0.661. The summed E-state index contributed by atoms with van der Waals surface area (Å²) < 4.78 is 31.3. The molecular formula is C28H30FN3O4. The Kier molecular flexibility index (Phi) is 6.71. The van der Waals surface area contributed by atoms with Crippen LogP contribution in [0.25, 0.3) is 11.1 Å². The monoisotopic (exact) mass is 491 g/mol. The number of aromatic nitrogens is 1. The van der Waals surface area contributed by atoms with Crippen LogP contribution in [0, 0.1) is 11.2 Å². The summed E-state index contributed by atoms with van der Waals surface area (Å²) in [6, 6.07) is 9.06. The van der Waals surface area contributed by atoms with Crippen molar-refractivity contribution in [2.24, 2.45) is 0 Å². The van der Waals surface area contributed by atoms with Crippen molar-refractivity contribution in [3.05, 3.63) is 70.8 Å². The maximum atomic E-state index is 15.1. The quantitative estimate of drug-likeness (QED) is 0.456. The van der Waals surface area contributed by atoms with Gasteiger partial charge in [-0.05, 0) is 46.9 Å². The Hall–Kier alpha value is -3.94. The Balaban J connectivity index is 1.72. The van der Waals surface area contributed by atoms with Crippen molar-refractivity contribution in [3.8, 4) is 28.4 Å². The van der Waals surface area contributed by atoms with Crippen molar-refractivity contribution >= 4 is 11.6 Å². The van der Waals surface area contributed by atoms with Crippen LogP contribution in [-0.2, 0) is 12.0 Å². The molecule has 4 rings (SSSR count). The lowest BCUT2D eigenvalue weighted by Gasteiger charge is -2.26. The summed E-state index contributed by atoms with van der Waals surface area (Å²) in [5, 5.41) is 8.58. The number of rotatable bonds is 7. The topological polar surface area (TPSA) is 84.7 Å². The molecule has 1 aromatic heterocycles. The number of nitrogens with one attached hydrogen (secondary N) is 1. The highest BCUT2D eigenvalue weighted by Crippen LogP contribution is 2.41. The van der Waals surface area contributed by atoms with Crippen molar-refractivity contribution in [3.63, 3.8) is 0 Å². The fraction of sp³-hybridized carbons (Fsp3) is 0.321. The van der Waals surface area contributed by atoms with E-state index in [9.17, 15) is 4.79 Å². The number of hydrogen-bond donors (Lipinski definition) is 1. The first-order valence-electron chi connectivity index (χ1n) is 11.5. The van der Waals surface area contributed by atoms with Gasteiger partial charge in [0.05, 0.1) is 33.4 Å². The predicted molar refractivity (Wildman–Crippen MR) is 136 cm³/mol. The number of fused-ring (bicyclic) bond motifs is 1. The first-order valence-corrected chi connectivity index (χ1v) is 11.5. The van der Waals surface area contributed by atoms with Crippen LogP contribution in [0.3, 0.4) is 0 Å². The largest absolute Gasteiger partial charge is 0.496 e. The van der Waals surface area contributed by atoms with E-state index in [0.29, 0.717) is 16.9 Å². The lowest BCUT2D eigenvalue weighted by atomic mass is 9.82. The number of hydrogen-bond acceptors (Lipinski definition) is 6. The summed E-state index contributed by atoms with van der Waals surface area (Å²) in [7, 11) is 4.41. The summed E-state index contributed by atoms with van der Waals surface area (Å²) in [4.78, 5) is 19.2. The molecule has 0 unspecified atom stereocenters. The fourth-order valence-corrected chi connectivity index (χ4v) is 4.54. The van der Waals surface area contributed by atoms with E-state index in [0.717, 1.165) is 16.7 Å². The first-order chi connectivity index (χ1) is 17.1. The van der Waals surface area contributed by atoms with E-state index >= 15 is 4.39 Å². The van der Waals surface area contributed by atoms with E-state index in [1.807, 2.05) is 24.3 Å². The maximum absolute atomic E-state index is 15.1. The molecule has 8 heteroatoms. The Bertz CT molecular complexity index is 1330. The van der Waals surface area contributed by atoms with Crippen LogP contribution < -0.4 is 14.2 Å². The molecule has 7 nitrogen and oxygen atoms in total. The van der Waals surface area contributed by atoms with Crippen LogP contribution >= 0.6 is 0 Å². The molecule has 188 valence electrons. The Morgan fingerprint density at radius 2 is 1.72 bits per heavy atom. The van der Waals surface area contributed by atoms with Gasteiger partial charge in [0.25, 0.3) is 0 Å². The number of ketones is 1. The lowest BCUT2D eigenvalue weighted by Crippen LogP contribution is -2.30. The second-order valence-corrected chi connectivity index (χ2v) is 9.68. The molecule has 1 aliphatic heterocycles. The number of methoxy groups -OCH3 is 3. The molecule has 2 heterocycles. The van der Waals surface area contributed by atoms with Gasteiger partial charge in [-0.1, -0.05) is 20.8 Å². The molecule has 0 fully saturated rings. The zero-order chi connectivity index (χ0) is 26.2. The number of halogens is 1. The maximum Gasteiger partial charge on any atom is 0.197 e. The summed E-state index contributed by atoms with van der Waals surface area (Å²) in [5.74, 6) is -0.00650. The van der Waals surface area contributed by atoms with E-state index < -0.39 is 5.82 Å². The molecule has 3 aromatic rings. The van der Waals surface area contributed by atoms with Crippen molar-refractivity contribution < 1.29 is 23.4 Å². The summed E-state index contributed by atoms with van der Waals surface area (Å²) in [5.41, 5.74) is 3.46. The number of Topliss-reactive ketones (excluding diaryl/α,β-unsaturated/α-hetero) is 1. The zero-order valence-corrected chi connectivity index (χ0v) is 21.4. The van der Waals surface area contributed by atoms with Crippen LogP contribution in [0.4, 0.5) is 4.39 Å². The predicted octanol–water partition coefficient (Wildman–Crippen LogP) is 5.23. The van der Waals surface area contributed by atoms with Gasteiger partial charge in [0, 0.05) is 35.6 Å². The van der Waals surface area contributed by atoms with E-state index in [1.165, 1.54) is 14.2 Å². The van der Waals surface area contributed by atoms with E-state index in [2.05, 4.69) is 25.8 Å². The third-order valence-corrected chi connectivity index (χ3v) is 6.36. The molecule has 0 saturated heterocycles. The van der Waals surface area contributed by atoms with E-state index in [-0.39, 0.29) is 47.2 Å². The summed E-state index contributed by atoms with van der Waals surface area (Å²) in [6.07, 6.45) is 3.39. The van der Waals surface area contributed by atoms with Gasteiger partial charge in [-0.25, -0.2) is 4.39 Å². The first kappa shape index (κ1) is 25.2. The Morgan fingerprint density at radius 1 is 1.06 bits per heavy atom. The van der Waals surface area contributed by atoms with Crippen LogP contribution in [0.2, 0.25) is 0 Å². The van der Waals surface area contributed by atoms with Gasteiger partial charge in [0.1, 0.15) is 11.6 Å². The molecular weight excluding hydrogens is 461 g/mol. The number of carbonyl (C=O) groups is 1. The molecule has 0 bridgehead atoms. The molecule has 0 atom stereocenters. The molecule has 2 aromatic carbocycles. The van der Waals surface area contributed by atoms with Crippen molar-refractivity contribution in [2.75, 3.05) is 27.9 Å². The van der Waals surface area contributed by atoms with Gasteiger partial charge >= 0.3 is 0 Å². The second kappa shape index (κ2) is 9.60. The second-order valence-electron chi connectivity index (χ2n) is 9.68. The van der Waals surface area contributed by atoms with Gasteiger partial charge in [-0.15, -0.1) is 0 Å². The Labute approximate surface area is 210 Å². The molecule has 1 N–H and O–H groups in total. The standard InChI is InChI=1S/C28H30FN3O4/c1-28(2,3)20-12-17(11-19(25(20)35-5)16-7-9-31-10-8-16)21(33)15-32-14-18-13-22(34-4)26(36-6)24(29)23(18)27(32)30/h7-13,30H,14-15H2,1-6H3. The molecule has 0 aliphatic carbocycles. The van der Waals surface area contributed by atoms with E-state index in [4.69, 9.17) is 19.6 Å². The SMILES string of the molecule is COc1cc2c(c(F)c1OC)C(=N)N(CC(=O)c1cc(-c3ccncc3)c(OC)c(C(C)(C)C)c1)C2. The highest BCUT2D eigenvalue weighted by Gasteiger charge is 2.33. The van der Waals surface area contributed by atoms with Crippen molar-refractivity contribution in [2.45, 2.75) is 32.7 Å². The number of nitrogens with zero attached hydrogens (tertiary/aromatic N) is 2. The number of carbonyl (C=O) groups excluding carboxylic acids is 1. The number of pyridine rings is 1. The molecule has 0 amide bonds. The Morgan fingerprint density at radius 3 is 2.31 bits per heavy atom. The van der Waals surface area contributed by atoms with Crippen molar-refractivity contribution in [1.29, 1.82) is 5.41 Å². The third-order valence-electron chi connectivity index (χ3n) is 6.36.